The number of rotatable bonds is 4. The summed E-state index contributed by atoms with van der Waals surface area (Å²) in [5.74, 6) is 1.26. The first-order valence-corrected chi connectivity index (χ1v) is 7.31. The summed E-state index contributed by atoms with van der Waals surface area (Å²) < 4.78 is 15.4. The van der Waals surface area contributed by atoms with Crippen LogP contribution in [0.3, 0.4) is 0 Å². The molecule has 0 unspecified atom stereocenters. The van der Waals surface area contributed by atoms with Crippen molar-refractivity contribution in [2.75, 3.05) is 5.73 Å². The van der Waals surface area contributed by atoms with Gasteiger partial charge in [0.25, 0.3) is 0 Å². The number of hydrogen-bond donors (Lipinski definition) is 1. The molecule has 2 aromatic rings. The van der Waals surface area contributed by atoms with Crippen LogP contribution in [0.15, 0.2) is 18.2 Å². The number of aryl methyl sites for hydroxylation is 1. The molecular formula is C15H17ClFN3. The van der Waals surface area contributed by atoms with Crippen molar-refractivity contribution in [3.05, 3.63) is 34.9 Å². The highest BCUT2D eigenvalue weighted by molar-refractivity contribution is 6.31. The first-order valence-electron chi connectivity index (χ1n) is 6.93. The van der Waals surface area contributed by atoms with Gasteiger partial charge in [-0.3, -0.25) is 0 Å². The molecule has 0 amide bonds. The lowest BCUT2D eigenvalue weighted by atomic mass is 10.1. The molecule has 0 atom stereocenters. The Hall–Kier alpha value is -1.55. The second kappa shape index (κ2) is 5.09. The Kier molecular flexibility index (Phi) is 3.42. The van der Waals surface area contributed by atoms with Crippen LogP contribution < -0.4 is 5.73 Å². The lowest BCUT2D eigenvalue weighted by Crippen LogP contribution is -2.05. The maximum atomic E-state index is 13.3. The van der Waals surface area contributed by atoms with E-state index in [1.54, 1.807) is 12.1 Å². The van der Waals surface area contributed by atoms with Crippen LogP contribution in [0, 0.1) is 5.82 Å². The molecule has 2 N–H and O–H groups in total. The predicted molar refractivity (Wildman–Crippen MR) is 79.3 cm³/mol. The van der Waals surface area contributed by atoms with Crippen molar-refractivity contribution in [2.24, 2.45) is 0 Å². The van der Waals surface area contributed by atoms with Gasteiger partial charge in [-0.15, -0.1) is 0 Å². The third-order valence-electron chi connectivity index (χ3n) is 3.60. The Morgan fingerprint density at radius 1 is 1.45 bits per heavy atom. The molecule has 1 aliphatic rings. The van der Waals surface area contributed by atoms with Crippen LogP contribution in [-0.2, 0) is 6.42 Å². The maximum Gasteiger partial charge on any atom is 0.141 e. The Balaban J connectivity index is 2.08. The van der Waals surface area contributed by atoms with Crippen LogP contribution in [0.25, 0.3) is 11.3 Å². The van der Waals surface area contributed by atoms with E-state index >= 15 is 0 Å². The van der Waals surface area contributed by atoms with E-state index in [-0.39, 0.29) is 5.02 Å². The van der Waals surface area contributed by atoms with Gasteiger partial charge in [0, 0.05) is 18.0 Å². The number of anilines is 1. The maximum absolute atomic E-state index is 13.3. The molecule has 1 aliphatic carbocycles. The van der Waals surface area contributed by atoms with E-state index in [0.717, 1.165) is 37.1 Å². The minimum atomic E-state index is -0.426. The SMILES string of the molecule is CCCc1nc(-c2ccc(F)c(Cl)c2)c(N)n1C1CC1. The monoisotopic (exact) mass is 293 g/mol. The van der Waals surface area contributed by atoms with Gasteiger partial charge in [0.1, 0.15) is 23.2 Å². The molecule has 20 heavy (non-hydrogen) atoms. The second-order valence-electron chi connectivity index (χ2n) is 5.24. The van der Waals surface area contributed by atoms with Crippen molar-refractivity contribution in [1.82, 2.24) is 9.55 Å². The van der Waals surface area contributed by atoms with E-state index in [9.17, 15) is 4.39 Å². The molecule has 0 bridgehead atoms. The number of aromatic nitrogens is 2. The molecule has 106 valence electrons. The number of nitrogen functional groups attached to an aromatic ring is 1. The average Bonchev–Trinajstić information content (AvgIpc) is 3.19. The molecule has 0 aliphatic heterocycles. The normalized spacial score (nSPS) is 14.8. The van der Waals surface area contributed by atoms with Crippen LogP contribution in [0.1, 0.15) is 38.1 Å². The molecule has 0 saturated heterocycles. The Labute approximate surface area is 122 Å². The summed E-state index contributed by atoms with van der Waals surface area (Å²) in [5.41, 5.74) is 7.74. The minimum absolute atomic E-state index is 0.0971. The Bertz CT molecular complexity index is 647. The van der Waals surface area contributed by atoms with Gasteiger partial charge in [-0.1, -0.05) is 18.5 Å². The molecule has 3 rings (SSSR count). The van der Waals surface area contributed by atoms with Crippen molar-refractivity contribution in [2.45, 2.75) is 38.6 Å². The van der Waals surface area contributed by atoms with E-state index < -0.39 is 5.82 Å². The summed E-state index contributed by atoms with van der Waals surface area (Å²) in [5, 5.41) is 0.0971. The van der Waals surface area contributed by atoms with E-state index in [1.165, 1.54) is 6.07 Å². The summed E-state index contributed by atoms with van der Waals surface area (Å²) in [6, 6.07) is 5.09. The lowest BCUT2D eigenvalue weighted by molar-refractivity contribution is 0.628. The number of nitrogens with zero attached hydrogens (tertiary/aromatic N) is 2. The molecular weight excluding hydrogens is 277 g/mol. The van der Waals surface area contributed by atoms with Gasteiger partial charge in [-0.2, -0.15) is 0 Å². The molecule has 5 heteroatoms. The van der Waals surface area contributed by atoms with Gasteiger partial charge >= 0.3 is 0 Å². The fourth-order valence-electron chi connectivity index (χ4n) is 2.49. The summed E-state index contributed by atoms with van der Waals surface area (Å²) >= 11 is 5.85. The van der Waals surface area contributed by atoms with Gasteiger partial charge in [-0.25, -0.2) is 9.37 Å². The number of hydrogen-bond acceptors (Lipinski definition) is 2. The van der Waals surface area contributed by atoms with Crippen molar-refractivity contribution in [3.8, 4) is 11.3 Å². The third kappa shape index (κ3) is 2.29. The highest BCUT2D eigenvalue weighted by Crippen LogP contribution is 2.41. The number of halogens is 2. The van der Waals surface area contributed by atoms with Crippen LogP contribution >= 0.6 is 11.6 Å². The van der Waals surface area contributed by atoms with Crippen LogP contribution in [0.5, 0.6) is 0 Å². The molecule has 0 radical (unpaired) electrons. The van der Waals surface area contributed by atoms with Gasteiger partial charge in [0.15, 0.2) is 0 Å². The summed E-state index contributed by atoms with van der Waals surface area (Å²) in [7, 11) is 0. The van der Waals surface area contributed by atoms with Crippen molar-refractivity contribution in [1.29, 1.82) is 0 Å². The van der Waals surface area contributed by atoms with Crippen LogP contribution in [-0.4, -0.2) is 9.55 Å². The highest BCUT2D eigenvalue weighted by Gasteiger charge is 2.29. The molecule has 1 aromatic carbocycles. The zero-order valence-electron chi connectivity index (χ0n) is 11.4. The second-order valence-corrected chi connectivity index (χ2v) is 5.65. The number of imidazole rings is 1. The van der Waals surface area contributed by atoms with Crippen molar-refractivity contribution in [3.63, 3.8) is 0 Å². The summed E-state index contributed by atoms with van der Waals surface area (Å²) in [6.07, 6.45) is 4.23. The fourth-order valence-corrected chi connectivity index (χ4v) is 2.67. The molecule has 1 heterocycles. The van der Waals surface area contributed by atoms with E-state index in [2.05, 4.69) is 16.5 Å². The standard InChI is InChI=1S/C15H17ClFN3/c1-2-3-13-19-14(15(18)20(13)10-5-6-10)9-4-7-12(17)11(16)8-9/h4,7-8,10H,2-3,5-6,18H2,1H3. The van der Waals surface area contributed by atoms with Crippen LogP contribution in [0.2, 0.25) is 5.02 Å². The van der Waals surface area contributed by atoms with Gasteiger partial charge in [-0.05, 0) is 37.5 Å². The first-order chi connectivity index (χ1) is 9.61. The van der Waals surface area contributed by atoms with Gasteiger partial charge in [0.2, 0.25) is 0 Å². The summed E-state index contributed by atoms with van der Waals surface area (Å²) in [6.45, 7) is 2.12. The smallest absolute Gasteiger partial charge is 0.141 e. The summed E-state index contributed by atoms with van der Waals surface area (Å²) in [4.78, 5) is 4.66. The molecule has 1 aromatic heterocycles. The minimum Gasteiger partial charge on any atom is -0.383 e. The van der Waals surface area contributed by atoms with Gasteiger partial charge < -0.3 is 10.3 Å². The largest absolute Gasteiger partial charge is 0.383 e. The Morgan fingerprint density at radius 3 is 2.80 bits per heavy atom. The van der Waals surface area contributed by atoms with E-state index in [4.69, 9.17) is 17.3 Å². The molecule has 1 saturated carbocycles. The van der Waals surface area contributed by atoms with Crippen LogP contribution in [0.4, 0.5) is 10.2 Å². The number of nitrogens with two attached hydrogens (primary N) is 1. The topological polar surface area (TPSA) is 43.8 Å². The highest BCUT2D eigenvalue weighted by atomic mass is 35.5. The lowest BCUT2D eigenvalue weighted by Gasteiger charge is -2.07. The van der Waals surface area contributed by atoms with E-state index in [0.29, 0.717) is 17.6 Å². The zero-order chi connectivity index (χ0) is 14.3. The fraction of sp³-hybridized carbons (Fsp3) is 0.400. The molecule has 3 nitrogen and oxygen atoms in total. The average molecular weight is 294 g/mol. The predicted octanol–water partition coefficient (Wildman–Crippen LogP) is 4.21. The third-order valence-corrected chi connectivity index (χ3v) is 3.89. The van der Waals surface area contributed by atoms with Crippen molar-refractivity contribution < 1.29 is 4.39 Å². The quantitative estimate of drug-likeness (QED) is 0.917. The molecule has 0 spiro atoms. The van der Waals surface area contributed by atoms with Gasteiger partial charge in [0.05, 0.1) is 5.02 Å². The van der Waals surface area contributed by atoms with Crippen molar-refractivity contribution >= 4 is 17.4 Å². The van der Waals surface area contributed by atoms with E-state index in [1.807, 2.05) is 0 Å². The number of benzene rings is 1. The Morgan fingerprint density at radius 2 is 2.20 bits per heavy atom. The molecule has 1 fully saturated rings. The zero-order valence-corrected chi connectivity index (χ0v) is 12.1. The first kappa shape index (κ1) is 13.4.